The molecule has 372 valence electrons. The highest BCUT2D eigenvalue weighted by atomic mass is 32.2. The fourth-order valence-corrected chi connectivity index (χ4v) is 13.7. The van der Waals surface area contributed by atoms with Crippen LogP contribution in [0.1, 0.15) is 199 Å². The molecule has 1 aliphatic heterocycles. The summed E-state index contributed by atoms with van der Waals surface area (Å²) in [6.45, 7) is 6.82. The van der Waals surface area contributed by atoms with Gasteiger partial charge in [-0.1, -0.05) is 251 Å². The first-order valence-electron chi connectivity index (χ1n) is 28.7. The second-order valence-corrected chi connectivity index (χ2v) is 23.2. The Morgan fingerprint density at radius 1 is 0.529 bits per heavy atom. The predicted molar refractivity (Wildman–Crippen MR) is 309 cm³/mol. The fourth-order valence-electron chi connectivity index (χ4n) is 11.3. The summed E-state index contributed by atoms with van der Waals surface area (Å²) in [6, 6.07) is 36.2. The van der Waals surface area contributed by atoms with E-state index in [0.29, 0.717) is 5.92 Å². The van der Waals surface area contributed by atoms with Crippen molar-refractivity contribution in [2.75, 3.05) is 11.4 Å². The Morgan fingerprint density at radius 2 is 1.07 bits per heavy atom. The average Bonchev–Trinajstić information content (AvgIpc) is 3.92. The van der Waals surface area contributed by atoms with Gasteiger partial charge in [0.2, 0.25) is 5.52 Å². The molecule has 4 aromatic carbocycles. The van der Waals surface area contributed by atoms with Gasteiger partial charge in [-0.2, -0.15) is 4.57 Å². The Labute approximate surface area is 433 Å². The number of benzene rings is 4. The van der Waals surface area contributed by atoms with Gasteiger partial charge in [-0.25, -0.2) is 0 Å². The summed E-state index contributed by atoms with van der Waals surface area (Å²) >= 11 is 3.99. The minimum Gasteiger partial charge on any atom is -0.335 e. The van der Waals surface area contributed by atoms with Crippen molar-refractivity contribution in [2.24, 2.45) is 5.92 Å². The van der Waals surface area contributed by atoms with Crippen molar-refractivity contribution in [1.82, 2.24) is 0 Å². The van der Waals surface area contributed by atoms with Gasteiger partial charge in [0.05, 0.1) is 10.7 Å². The monoisotopic (exact) mass is 972 g/mol. The number of aryl methyl sites for hydroxylation is 1. The maximum Gasteiger partial charge on any atom is 0.263 e. The van der Waals surface area contributed by atoms with Gasteiger partial charge in [0.1, 0.15) is 4.70 Å². The standard InChI is InChI=1S/C66H87N2S2/c1-3-5-7-9-11-13-14-15-16-17-18-19-20-22-24-32-46-68-62-44-42-59(56-35-29-26-30-36-56)52-64(62)70-66(68)50-54-38-40-57-39-37-53(47-60(57)48-54)49-65-67(45-31-23-21-12-10-8-6-4-2)61-43-41-58(51-63(61)69-65)55-33-27-25-28-34-55/h25-30,33-36,41-44,47-52,57H,3-24,31-32,37-40,45-46H2,1-2H3/q+1. The predicted octanol–water partition coefficient (Wildman–Crippen LogP) is 20.8. The molecule has 0 saturated heterocycles. The number of thioether (sulfide) groups is 1. The minimum atomic E-state index is 0.669. The largest absolute Gasteiger partial charge is 0.335 e. The lowest BCUT2D eigenvalue weighted by atomic mass is 9.77. The van der Waals surface area contributed by atoms with E-state index in [1.54, 1.807) is 5.57 Å². The van der Waals surface area contributed by atoms with Crippen molar-refractivity contribution in [3.8, 4) is 22.3 Å². The van der Waals surface area contributed by atoms with Gasteiger partial charge in [0, 0.05) is 30.0 Å². The highest BCUT2D eigenvalue weighted by Crippen LogP contribution is 2.49. The number of nitrogens with zero attached hydrogens (tertiary/aromatic N) is 2. The summed E-state index contributed by atoms with van der Waals surface area (Å²) in [6.07, 6.45) is 48.5. The Morgan fingerprint density at radius 3 is 1.69 bits per heavy atom. The number of hydrogen-bond donors (Lipinski definition) is 0. The van der Waals surface area contributed by atoms with Gasteiger partial charge in [0.15, 0.2) is 6.54 Å². The Kier molecular flexibility index (Phi) is 21.5. The molecule has 0 amide bonds. The number of fused-ring (bicyclic) bond motifs is 3. The van der Waals surface area contributed by atoms with E-state index >= 15 is 0 Å². The molecule has 3 aliphatic rings. The molecule has 1 atom stereocenters. The molecular formula is C66H87N2S2+. The molecule has 0 spiro atoms. The van der Waals surface area contributed by atoms with Crippen molar-refractivity contribution >= 4 is 45.1 Å². The molecular weight excluding hydrogens is 885 g/mol. The summed E-state index contributed by atoms with van der Waals surface area (Å²) in [7, 11) is 0. The van der Waals surface area contributed by atoms with E-state index in [-0.39, 0.29) is 0 Å². The first-order chi connectivity index (χ1) is 34.7. The van der Waals surface area contributed by atoms with Crippen LogP contribution in [0.5, 0.6) is 0 Å². The number of allylic oxidation sites excluding steroid dienone is 6. The van der Waals surface area contributed by atoms with Crippen LogP contribution in [-0.4, -0.2) is 6.54 Å². The van der Waals surface area contributed by atoms with E-state index in [0.717, 1.165) is 13.1 Å². The number of anilines is 1. The molecule has 0 saturated carbocycles. The van der Waals surface area contributed by atoms with Crippen molar-refractivity contribution in [3.05, 3.63) is 142 Å². The number of rotatable bonds is 30. The van der Waals surface area contributed by atoms with Crippen LogP contribution in [0.3, 0.4) is 0 Å². The molecule has 0 N–H and O–H groups in total. The van der Waals surface area contributed by atoms with Crippen LogP contribution in [0.25, 0.3) is 38.5 Å². The molecule has 2 nitrogen and oxygen atoms in total. The number of hydrogen-bond acceptors (Lipinski definition) is 3. The van der Waals surface area contributed by atoms with Gasteiger partial charge in [-0.3, -0.25) is 0 Å². The molecule has 5 aromatic rings. The third-order valence-corrected chi connectivity index (χ3v) is 17.7. The quantitative estimate of drug-likeness (QED) is 0.0334. The van der Waals surface area contributed by atoms with Crippen LogP contribution in [0.4, 0.5) is 5.69 Å². The van der Waals surface area contributed by atoms with Crippen molar-refractivity contribution in [1.29, 1.82) is 0 Å². The Balaban J connectivity index is 0.932. The van der Waals surface area contributed by atoms with E-state index in [1.807, 2.05) is 23.1 Å². The molecule has 2 heterocycles. The van der Waals surface area contributed by atoms with E-state index in [9.17, 15) is 0 Å². The van der Waals surface area contributed by atoms with Crippen LogP contribution >= 0.6 is 23.1 Å². The van der Waals surface area contributed by atoms with Crippen LogP contribution < -0.4 is 9.47 Å². The molecule has 1 aromatic heterocycles. The van der Waals surface area contributed by atoms with Crippen LogP contribution in [-0.2, 0) is 6.54 Å². The van der Waals surface area contributed by atoms with Gasteiger partial charge in [-0.15, -0.1) is 0 Å². The number of aromatic nitrogens is 1. The zero-order valence-electron chi connectivity index (χ0n) is 43.5. The lowest BCUT2D eigenvalue weighted by molar-refractivity contribution is -0.669. The third-order valence-electron chi connectivity index (χ3n) is 15.5. The van der Waals surface area contributed by atoms with E-state index in [2.05, 4.69) is 145 Å². The smallest absolute Gasteiger partial charge is 0.263 e. The zero-order valence-corrected chi connectivity index (χ0v) is 45.2. The molecule has 0 bridgehead atoms. The summed E-state index contributed by atoms with van der Waals surface area (Å²) in [5, 5.41) is 2.83. The van der Waals surface area contributed by atoms with Gasteiger partial charge >= 0.3 is 0 Å². The summed E-state index contributed by atoms with van der Waals surface area (Å²) in [5.74, 6) is 0.669. The molecule has 2 aliphatic carbocycles. The molecule has 8 rings (SSSR count). The zero-order chi connectivity index (χ0) is 48.0. The molecule has 0 radical (unpaired) electrons. The lowest BCUT2D eigenvalue weighted by Gasteiger charge is -2.29. The van der Waals surface area contributed by atoms with E-state index < -0.39 is 0 Å². The third kappa shape index (κ3) is 15.4. The second kappa shape index (κ2) is 28.8. The van der Waals surface area contributed by atoms with Crippen LogP contribution in [0.2, 0.25) is 0 Å². The molecule has 4 heteroatoms. The maximum atomic E-state index is 2.67. The first-order valence-corrected chi connectivity index (χ1v) is 30.3. The Hall–Kier alpha value is -4.12. The van der Waals surface area contributed by atoms with Gasteiger partial charge < -0.3 is 4.90 Å². The van der Waals surface area contributed by atoms with Crippen molar-refractivity contribution in [2.45, 2.75) is 205 Å². The SMILES string of the molecule is CCCCCCCCCCCCCCCCCC[n+]1c(C=C2C=C3C=C(C=C4Sc5cc(-c6ccccc6)ccc5N4CCCCCCCCCC)CCC3CC2)sc2cc(-c3ccccc3)ccc21. The minimum absolute atomic E-state index is 0.669. The highest BCUT2D eigenvalue weighted by Gasteiger charge is 2.28. The lowest BCUT2D eigenvalue weighted by Crippen LogP contribution is -2.35. The van der Waals surface area contributed by atoms with E-state index in [4.69, 9.17) is 0 Å². The second-order valence-electron chi connectivity index (χ2n) is 21.1. The van der Waals surface area contributed by atoms with Gasteiger partial charge in [-0.05, 0) is 114 Å². The van der Waals surface area contributed by atoms with Gasteiger partial charge in [0.25, 0.3) is 5.01 Å². The van der Waals surface area contributed by atoms with Crippen molar-refractivity contribution in [3.63, 3.8) is 0 Å². The summed E-state index contributed by atoms with van der Waals surface area (Å²) < 4.78 is 4.07. The molecule has 0 fully saturated rings. The Bertz CT molecular complexity index is 2470. The normalized spacial score (nSPS) is 16.8. The average molecular weight is 973 g/mol. The fraction of sp³-hybridized carbons (Fsp3) is 0.500. The van der Waals surface area contributed by atoms with Crippen molar-refractivity contribution < 1.29 is 4.57 Å². The van der Waals surface area contributed by atoms with Crippen LogP contribution in [0, 0.1) is 5.92 Å². The highest BCUT2D eigenvalue weighted by molar-refractivity contribution is 8.03. The first kappa shape index (κ1) is 52.2. The summed E-state index contributed by atoms with van der Waals surface area (Å²) in [5.41, 5.74) is 12.6. The molecule has 70 heavy (non-hydrogen) atoms. The summed E-state index contributed by atoms with van der Waals surface area (Å²) in [4.78, 5) is 4.05. The number of thiazole rings is 1. The van der Waals surface area contributed by atoms with E-state index in [1.165, 1.54) is 244 Å². The molecule has 1 unspecified atom stereocenters. The number of unbranched alkanes of at least 4 members (excludes halogenated alkanes) is 22. The van der Waals surface area contributed by atoms with Crippen LogP contribution in [0.15, 0.2) is 142 Å². The maximum absolute atomic E-state index is 2.67. The topological polar surface area (TPSA) is 7.12 Å².